The van der Waals surface area contributed by atoms with Gasteiger partial charge in [-0.1, -0.05) is 29.5 Å². The van der Waals surface area contributed by atoms with Crippen molar-refractivity contribution in [2.75, 3.05) is 5.32 Å². The van der Waals surface area contributed by atoms with Crippen molar-refractivity contribution in [3.05, 3.63) is 58.4 Å². The molecule has 108 valence electrons. The van der Waals surface area contributed by atoms with E-state index in [1.54, 1.807) is 11.3 Å². The highest BCUT2D eigenvalue weighted by Crippen LogP contribution is 2.22. The van der Waals surface area contributed by atoms with Gasteiger partial charge in [0.05, 0.1) is 0 Å². The maximum Gasteiger partial charge on any atom is 0.205 e. The summed E-state index contributed by atoms with van der Waals surface area (Å²) in [5.74, 6) is 0. The Hall–Kier alpha value is -2.14. The zero-order chi connectivity index (χ0) is 14.8. The summed E-state index contributed by atoms with van der Waals surface area (Å²) in [6.07, 6.45) is 0. The maximum absolute atomic E-state index is 4.10. The van der Waals surface area contributed by atoms with Gasteiger partial charge in [0.2, 0.25) is 5.13 Å². The van der Waals surface area contributed by atoms with Gasteiger partial charge in [-0.2, -0.15) is 0 Å². The highest BCUT2D eigenvalue weighted by molar-refractivity contribution is 7.15. The number of hydrogen-bond acceptors (Lipinski definition) is 4. The van der Waals surface area contributed by atoms with Crippen molar-refractivity contribution in [2.24, 2.45) is 0 Å². The van der Waals surface area contributed by atoms with Crippen molar-refractivity contribution in [1.29, 1.82) is 0 Å². The van der Waals surface area contributed by atoms with Crippen molar-refractivity contribution < 1.29 is 0 Å². The lowest BCUT2D eigenvalue weighted by atomic mass is 10.2. The first-order valence-electron chi connectivity index (χ1n) is 6.92. The van der Waals surface area contributed by atoms with E-state index < -0.39 is 0 Å². The number of para-hydroxylation sites is 1. The fourth-order valence-electron chi connectivity index (χ4n) is 2.52. The number of benzene rings is 1. The third-order valence-electron chi connectivity index (χ3n) is 3.51. The van der Waals surface area contributed by atoms with Gasteiger partial charge < -0.3 is 9.88 Å². The van der Waals surface area contributed by atoms with E-state index in [2.05, 4.69) is 64.3 Å². The van der Waals surface area contributed by atoms with Crippen molar-refractivity contribution in [3.8, 4) is 5.69 Å². The minimum Gasteiger partial charge on any atom is -0.356 e. The number of nitrogens with one attached hydrogen (secondary N) is 1. The van der Waals surface area contributed by atoms with E-state index in [4.69, 9.17) is 0 Å². The van der Waals surface area contributed by atoms with E-state index >= 15 is 0 Å². The molecule has 0 aliphatic heterocycles. The second kappa shape index (κ2) is 5.69. The second-order valence-electron chi connectivity index (χ2n) is 5.05. The molecule has 0 saturated carbocycles. The predicted octanol–water partition coefficient (Wildman–Crippen LogP) is 3.87. The molecule has 0 aliphatic carbocycles. The highest BCUT2D eigenvalue weighted by Gasteiger charge is 2.10. The molecule has 0 atom stereocenters. The molecule has 2 aromatic heterocycles. The summed E-state index contributed by atoms with van der Waals surface area (Å²) in [5.41, 5.74) is 4.98. The lowest BCUT2D eigenvalue weighted by molar-refractivity contribution is 0.949. The van der Waals surface area contributed by atoms with Crippen molar-refractivity contribution in [3.63, 3.8) is 0 Å². The zero-order valence-corrected chi connectivity index (χ0v) is 13.2. The van der Waals surface area contributed by atoms with Crippen LogP contribution in [0.1, 0.15) is 22.0 Å². The quantitative estimate of drug-likeness (QED) is 0.795. The summed E-state index contributed by atoms with van der Waals surface area (Å²) in [6, 6.07) is 12.7. The number of aromatic nitrogens is 3. The van der Waals surface area contributed by atoms with Gasteiger partial charge in [-0.3, -0.25) is 0 Å². The van der Waals surface area contributed by atoms with Gasteiger partial charge in [-0.25, -0.2) is 0 Å². The Kier molecular flexibility index (Phi) is 3.75. The van der Waals surface area contributed by atoms with E-state index in [0.717, 1.165) is 16.7 Å². The van der Waals surface area contributed by atoms with Crippen LogP contribution in [0.2, 0.25) is 0 Å². The van der Waals surface area contributed by atoms with E-state index in [-0.39, 0.29) is 0 Å². The smallest absolute Gasteiger partial charge is 0.205 e. The molecule has 0 aliphatic rings. The summed E-state index contributed by atoms with van der Waals surface area (Å²) in [4.78, 5) is 0. The molecular weight excluding hydrogens is 280 g/mol. The number of aryl methyl sites for hydroxylation is 2. The lowest BCUT2D eigenvalue weighted by Crippen LogP contribution is -2.02. The Morgan fingerprint density at radius 3 is 2.52 bits per heavy atom. The van der Waals surface area contributed by atoms with Crippen LogP contribution in [0.3, 0.4) is 0 Å². The molecule has 0 saturated heterocycles. The molecule has 3 rings (SSSR count). The normalized spacial score (nSPS) is 10.8. The fraction of sp³-hybridized carbons (Fsp3) is 0.250. The minimum absolute atomic E-state index is 0.765. The van der Waals surface area contributed by atoms with Crippen LogP contribution in [0.4, 0.5) is 5.13 Å². The Labute approximate surface area is 128 Å². The van der Waals surface area contributed by atoms with Gasteiger partial charge in [0.25, 0.3) is 0 Å². The van der Waals surface area contributed by atoms with Gasteiger partial charge in [-0.05, 0) is 44.5 Å². The topological polar surface area (TPSA) is 42.7 Å². The van der Waals surface area contributed by atoms with E-state index in [1.165, 1.54) is 22.6 Å². The Morgan fingerprint density at radius 2 is 1.86 bits per heavy atom. The number of nitrogens with zero attached hydrogens (tertiary/aromatic N) is 3. The van der Waals surface area contributed by atoms with Gasteiger partial charge in [0.15, 0.2) is 0 Å². The molecule has 0 amide bonds. The summed E-state index contributed by atoms with van der Waals surface area (Å²) in [6.45, 7) is 7.02. The molecule has 0 fully saturated rings. The van der Waals surface area contributed by atoms with E-state index in [0.29, 0.717) is 0 Å². The van der Waals surface area contributed by atoms with Crippen molar-refractivity contribution in [2.45, 2.75) is 27.3 Å². The van der Waals surface area contributed by atoms with Crippen LogP contribution in [0.25, 0.3) is 5.69 Å². The van der Waals surface area contributed by atoms with Gasteiger partial charge in [0, 0.05) is 23.6 Å². The molecule has 0 unspecified atom stereocenters. The number of anilines is 1. The highest BCUT2D eigenvalue weighted by atomic mass is 32.1. The lowest BCUT2D eigenvalue weighted by Gasteiger charge is -2.10. The van der Waals surface area contributed by atoms with E-state index in [9.17, 15) is 0 Å². The average molecular weight is 298 g/mol. The van der Waals surface area contributed by atoms with Crippen molar-refractivity contribution in [1.82, 2.24) is 14.8 Å². The Bertz CT molecular complexity index is 743. The van der Waals surface area contributed by atoms with Gasteiger partial charge >= 0.3 is 0 Å². The van der Waals surface area contributed by atoms with Crippen LogP contribution >= 0.6 is 11.3 Å². The molecule has 1 N–H and O–H groups in total. The first kappa shape index (κ1) is 13.8. The van der Waals surface area contributed by atoms with Crippen LogP contribution < -0.4 is 5.32 Å². The van der Waals surface area contributed by atoms with Crippen LogP contribution in [0.15, 0.2) is 36.4 Å². The molecular formula is C16H18N4S. The van der Waals surface area contributed by atoms with Crippen molar-refractivity contribution >= 4 is 16.5 Å². The van der Waals surface area contributed by atoms with Crippen LogP contribution in [-0.2, 0) is 6.54 Å². The third-order valence-corrected chi connectivity index (χ3v) is 4.30. The minimum atomic E-state index is 0.765. The first-order chi connectivity index (χ1) is 10.1. The molecule has 5 heteroatoms. The fourth-order valence-corrected chi connectivity index (χ4v) is 3.11. The molecule has 0 radical (unpaired) electrons. The van der Waals surface area contributed by atoms with Gasteiger partial charge in [-0.15, -0.1) is 10.2 Å². The largest absolute Gasteiger partial charge is 0.356 e. The molecule has 4 nitrogen and oxygen atoms in total. The molecule has 21 heavy (non-hydrogen) atoms. The van der Waals surface area contributed by atoms with Gasteiger partial charge in [0.1, 0.15) is 5.01 Å². The monoisotopic (exact) mass is 298 g/mol. The summed E-state index contributed by atoms with van der Waals surface area (Å²) in [7, 11) is 0. The predicted molar refractivity (Wildman–Crippen MR) is 87.2 cm³/mol. The first-order valence-corrected chi connectivity index (χ1v) is 7.74. The summed E-state index contributed by atoms with van der Waals surface area (Å²) >= 11 is 1.58. The standard InChI is InChI=1S/C16H18N4S/c1-11-9-14(10-17-16-19-18-13(3)21-16)12(2)20(11)15-7-5-4-6-8-15/h4-9H,10H2,1-3H3,(H,17,19). The van der Waals surface area contributed by atoms with Crippen LogP contribution in [0.5, 0.6) is 0 Å². The van der Waals surface area contributed by atoms with Crippen LogP contribution in [-0.4, -0.2) is 14.8 Å². The van der Waals surface area contributed by atoms with Crippen LogP contribution in [0, 0.1) is 20.8 Å². The molecule has 0 bridgehead atoms. The Balaban J connectivity index is 1.84. The third kappa shape index (κ3) is 2.83. The SMILES string of the molecule is Cc1nnc(NCc2cc(C)n(-c3ccccc3)c2C)s1. The number of rotatable bonds is 4. The molecule has 3 aromatic rings. The zero-order valence-electron chi connectivity index (χ0n) is 12.4. The molecule has 0 spiro atoms. The summed E-state index contributed by atoms with van der Waals surface area (Å²) < 4.78 is 2.28. The van der Waals surface area contributed by atoms with E-state index in [1.807, 2.05) is 13.0 Å². The Morgan fingerprint density at radius 1 is 1.10 bits per heavy atom. The second-order valence-corrected chi connectivity index (χ2v) is 6.23. The molecule has 2 heterocycles. The number of hydrogen-bond donors (Lipinski definition) is 1. The molecule has 1 aromatic carbocycles. The maximum atomic E-state index is 4.10. The summed E-state index contributed by atoms with van der Waals surface area (Å²) in [5, 5.41) is 13.3. The average Bonchev–Trinajstić information content (AvgIpc) is 3.01.